The van der Waals surface area contributed by atoms with E-state index in [1.165, 1.54) is 40.7 Å². The van der Waals surface area contributed by atoms with E-state index in [9.17, 15) is 0 Å². The topological polar surface area (TPSA) is 35.6 Å². The first kappa shape index (κ1) is 14.4. The van der Waals surface area contributed by atoms with E-state index in [-0.39, 0.29) is 0 Å². The molecule has 6 heteroatoms. The first-order valence-corrected chi connectivity index (χ1v) is 10.5. The van der Waals surface area contributed by atoms with Crippen LogP contribution in [-0.4, -0.2) is 8.97 Å². The molecule has 8 rings (SSSR count). The van der Waals surface area contributed by atoms with Crippen molar-refractivity contribution < 1.29 is 13.7 Å². The Labute approximate surface area is 166 Å². The minimum Gasteiger partial charge on any atom is -0.464 e. The molecule has 4 aromatic heterocycles. The van der Waals surface area contributed by atoms with Crippen molar-refractivity contribution in [2.45, 2.75) is 6.54 Å². The zero-order valence-corrected chi connectivity index (χ0v) is 16.1. The third kappa shape index (κ3) is 1.61. The summed E-state index contributed by atoms with van der Waals surface area (Å²) in [6.07, 6.45) is 6.20. The Bertz CT molecular complexity index is 1670. The van der Waals surface area contributed by atoms with E-state index in [0.29, 0.717) is 0 Å². The van der Waals surface area contributed by atoms with Gasteiger partial charge in [0.25, 0.3) is 11.7 Å². The molecule has 2 aliphatic heterocycles. The van der Waals surface area contributed by atoms with E-state index in [1.54, 1.807) is 0 Å². The Kier molecular flexibility index (Phi) is 2.34. The van der Waals surface area contributed by atoms with Gasteiger partial charge in [-0.3, -0.25) is 4.40 Å². The standard InChI is InChI=1S/C23H13N3O2P/c1-3-13-14-11-26-19(5-2-6-20(26)28-17(14)4-1)25-10-9-24-16-7-8-18-21(15(13)12-27-18)22(16)29-23(24)25/h1-10,12H,11H2/q+1. The van der Waals surface area contributed by atoms with Gasteiger partial charge in [-0.2, -0.15) is 9.13 Å². The second kappa shape index (κ2) is 4.70. The van der Waals surface area contributed by atoms with Gasteiger partial charge in [0, 0.05) is 42.0 Å². The largest absolute Gasteiger partial charge is 0.464 e. The van der Waals surface area contributed by atoms with Gasteiger partial charge >= 0.3 is 0 Å². The van der Waals surface area contributed by atoms with Gasteiger partial charge in [0.15, 0.2) is 0 Å². The van der Waals surface area contributed by atoms with Gasteiger partial charge in [0.2, 0.25) is 5.38 Å². The van der Waals surface area contributed by atoms with Gasteiger partial charge in [0.1, 0.15) is 24.1 Å². The number of pyridine rings is 1. The van der Waals surface area contributed by atoms with E-state index < -0.39 is 0 Å². The molecule has 0 N–H and O–H groups in total. The van der Waals surface area contributed by atoms with Crippen LogP contribution in [0.15, 0.2) is 71.6 Å². The highest BCUT2D eigenvalue weighted by Gasteiger charge is 2.30. The fourth-order valence-corrected chi connectivity index (χ4v) is 6.28. The third-order valence-corrected chi connectivity index (χ3v) is 7.49. The summed E-state index contributed by atoms with van der Waals surface area (Å²) in [6.45, 7) is 0.757. The smallest absolute Gasteiger partial charge is 0.291 e. The summed E-state index contributed by atoms with van der Waals surface area (Å²) in [5, 5.41) is 3.73. The predicted molar refractivity (Wildman–Crippen MR) is 111 cm³/mol. The van der Waals surface area contributed by atoms with Crippen LogP contribution in [0.4, 0.5) is 0 Å². The van der Waals surface area contributed by atoms with Gasteiger partial charge in [-0.25, -0.2) is 0 Å². The number of furan rings is 1. The molecule has 2 aliphatic rings. The first-order valence-electron chi connectivity index (χ1n) is 9.59. The molecule has 0 saturated heterocycles. The molecule has 0 unspecified atom stereocenters. The number of nitrogens with zero attached hydrogens (tertiary/aromatic N) is 3. The molecule has 4 bridgehead atoms. The SMILES string of the molecule is c1cc2c3c(c1)-c1coc4ccc5c(pc6n(ccn56)-c5cccc([n+]5C3)O2)c14. The summed E-state index contributed by atoms with van der Waals surface area (Å²) in [5.74, 6) is 2.89. The number of hydrogen-bond acceptors (Lipinski definition) is 2. The second-order valence-electron chi connectivity index (χ2n) is 7.60. The highest BCUT2D eigenvalue weighted by atomic mass is 31.0. The third-order valence-electron chi connectivity index (χ3n) is 6.19. The summed E-state index contributed by atoms with van der Waals surface area (Å²) in [5.41, 5.74) is 5.68. The van der Waals surface area contributed by atoms with E-state index in [4.69, 9.17) is 9.15 Å². The van der Waals surface area contributed by atoms with Gasteiger partial charge < -0.3 is 9.15 Å². The maximum atomic E-state index is 6.35. The van der Waals surface area contributed by atoms with Crippen LogP contribution in [0, 0.1) is 0 Å². The van der Waals surface area contributed by atoms with Crippen LogP contribution >= 0.6 is 8.19 Å². The van der Waals surface area contributed by atoms with Crippen molar-refractivity contribution in [3.8, 4) is 28.6 Å². The summed E-state index contributed by atoms with van der Waals surface area (Å²) >= 11 is 0. The summed E-state index contributed by atoms with van der Waals surface area (Å²) in [4.78, 5) is 0. The van der Waals surface area contributed by atoms with Gasteiger partial charge in [0.05, 0.1) is 18.0 Å². The lowest BCUT2D eigenvalue weighted by molar-refractivity contribution is -0.690. The average molecular weight is 394 g/mol. The van der Waals surface area contributed by atoms with Crippen molar-refractivity contribution >= 4 is 35.2 Å². The lowest BCUT2D eigenvalue weighted by atomic mass is 9.97. The number of hydrogen-bond donors (Lipinski definition) is 0. The van der Waals surface area contributed by atoms with Gasteiger partial charge in [-0.1, -0.05) is 12.1 Å². The number of fused-ring (bicyclic) bond motifs is 3. The van der Waals surface area contributed by atoms with Gasteiger partial charge in [-0.05, 0) is 29.8 Å². The van der Waals surface area contributed by atoms with Gasteiger partial charge in [-0.15, -0.1) is 0 Å². The molecular weight excluding hydrogens is 381 g/mol. The molecule has 5 nitrogen and oxygen atoms in total. The van der Waals surface area contributed by atoms with Crippen molar-refractivity contribution in [3.05, 3.63) is 72.8 Å². The molecule has 0 radical (unpaired) electrons. The quantitative estimate of drug-likeness (QED) is 0.313. The van der Waals surface area contributed by atoms with Crippen LogP contribution in [0.2, 0.25) is 0 Å². The fraction of sp³-hybridized carbons (Fsp3) is 0.0435. The zero-order valence-electron chi connectivity index (χ0n) is 15.2. The van der Waals surface area contributed by atoms with Crippen LogP contribution in [0.1, 0.15) is 5.56 Å². The zero-order chi connectivity index (χ0) is 18.7. The van der Waals surface area contributed by atoms with E-state index in [0.717, 1.165) is 35.1 Å². The predicted octanol–water partition coefficient (Wildman–Crippen LogP) is 5.63. The van der Waals surface area contributed by atoms with Crippen molar-refractivity contribution in [2.24, 2.45) is 0 Å². The number of rotatable bonds is 0. The molecule has 6 heterocycles. The maximum absolute atomic E-state index is 6.35. The van der Waals surface area contributed by atoms with E-state index in [2.05, 4.69) is 68.4 Å². The number of imidazole rings is 1. The molecule has 0 saturated carbocycles. The number of aromatic nitrogens is 3. The lowest BCUT2D eigenvalue weighted by Gasteiger charge is -2.21. The summed E-state index contributed by atoms with van der Waals surface area (Å²) in [7, 11) is 1.18. The normalized spacial score (nSPS) is 13.9. The highest BCUT2D eigenvalue weighted by molar-refractivity contribution is 7.43. The molecule has 6 aromatic rings. The number of ether oxygens (including phenoxy) is 1. The Balaban J connectivity index is 1.68. The Morgan fingerprint density at radius 1 is 0.966 bits per heavy atom. The molecule has 0 fully saturated rings. The van der Waals surface area contributed by atoms with Crippen LogP contribution in [0.3, 0.4) is 0 Å². The van der Waals surface area contributed by atoms with Crippen molar-refractivity contribution in [1.82, 2.24) is 8.97 Å². The fourth-order valence-electron chi connectivity index (χ4n) is 4.88. The summed E-state index contributed by atoms with van der Waals surface area (Å²) < 4.78 is 19.2. The molecule has 0 aliphatic carbocycles. The molecular formula is C23H13N3O2P+. The minimum atomic E-state index is 0.757. The van der Waals surface area contributed by atoms with Crippen molar-refractivity contribution in [3.63, 3.8) is 0 Å². The van der Waals surface area contributed by atoms with E-state index in [1.807, 2.05) is 12.3 Å². The van der Waals surface area contributed by atoms with Crippen LogP contribution < -0.4 is 9.30 Å². The Morgan fingerprint density at radius 3 is 2.93 bits per heavy atom. The Morgan fingerprint density at radius 2 is 1.93 bits per heavy atom. The van der Waals surface area contributed by atoms with Crippen LogP contribution in [0.25, 0.3) is 43.9 Å². The Hall–Kier alpha value is -3.56. The molecule has 29 heavy (non-hydrogen) atoms. The maximum Gasteiger partial charge on any atom is 0.291 e. The highest BCUT2D eigenvalue weighted by Crippen LogP contribution is 2.46. The van der Waals surface area contributed by atoms with Crippen LogP contribution in [0.5, 0.6) is 11.6 Å². The minimum absolute atomic E-state index is 0.757. The lowest BCUT2D eigenvalue weighted by Crippen LogP contribution is -2.42. The molecule has 0 amide bonds. The summed E-state index contributed by atoms with van der Waals surface area (Å²) in [6, 6.07) is 16.8. The average Bonchev–Trinajstić information content (AvgIpc) is 3.43. The molecule has 0 atom stereocenters. The molecule has 136 valence electrons. The van der Waals surface area contributed by atoms with E-state index >= 15 is 0 Å². The molecule has 2 aromatic carbocycles. The first-order chi connectivity index (χ1) is 14.4. The van der Waals surface area contributed by atoms with Crippen LogP contribution in [-0.2, 0) is 6.54 Å². The van der Waals surface area contributed by atoms with Crippen molar-refractivity contribution in [2.75, 3.05) is 0 Å². The monoisotopic (exact) mass is 394 g/mol. The second-order valence-corrected chi connectivity index (χ2v) is 8.67. The van der Waals surface area contributed by atoms with Crippen molar-refractivity contribution in [1.29, 1.82) is 0 Å². The molecule has 0 spiro atoms. The number of benzene rings is 2.